The number of anilines is 2. The van der Waals surface area contributed by atoms with Gasteiger partial charge in [-0.3, -0.25) is 14.6 Å². The average molecular weight is 395 g/mol. The number of rotatable bonds is 6. The maximum absolute atomic E-state index is 13.1. The summed E-state index contributed by atoms with van der Waals surface area (Å²) in [6, 6.07) is 8.09. The first-order chi connectivity index (χ1) is 13.9. The Labute approximate surface area is 172 Å². The molecule has 1 fully saturated rings. The van der Waals surface area contributed by atoms with Gasteiger partial charge in [-0.25, -0.2) is 0 Å². The summed E-state index contributed by atoms with van der Waals surface area (Å²) in [5.41, 5.74) is 4.63. The summed E-state index contributed by atoms with van der Waals surface area (Å²) in [7, 11) is 0. The van der Waals surface area contributed by atoms with Gasteiger partial charge in [-0.1, -0.05) is 45.9 Å². The Morgan fingerprint density at radius 3 is 2.21 bits per heavy atom. The number of para-hydroxylation sites is 1. The molecular formula is C23H30N4O2. The Bertz CT molecular complexity index is 845. The summed E-state index contributed by atoms with van der Waals surface area (Å²) in [4.78, 5) is 32.2. The molecule has 0 aliphatic carbocycles. The highest BCUT2D eigenvalue weighted by Crippen LogP contribution is 2.32. The van der Waals surface area contributed by atoms with E-state index >= 15 is 0 Å². The van der Waals surface area contributed by atoms with Crippen LogP contribution in [0, 0.1) is 0 Å². The van der Waals surface area contributed by atoms with Crippen molar-refractivity contribution in [3.63, 3.8) is 0 Å². The number of pyridine rings is 1. The quantitative estimate of drug-likeness (QED) is 0.756. The van der Waals surface area contributed by atoms with Crippen molar-refractivity contribution in [3.05, 3.63) is 53.3 Å². The van der Waals surface area contributed by atoms with E-state index in [4.69, 9.17) is 0 Å². The molecule has 0 spiro atoms. The third-order valence-corrected chi connectivity index (χ3v) is 5.43. The van der Waals surface area contributed by atoms with Gasteiger partial charge in [0.2, 0.25) is 6.41 Å². The first kappa shape index (κ1) is 20.8. The highest BCUT2D eigenvalue weighted by atomic mass is 16.1. The summed E-state index contributed by atoms with van der Waals surface area (Å²) in [5, 5.41) is 3.15. The zero-order valence-electron chi connectivity index (χ0n) is 17.7. The van der Waals surface area contributed by atoms with E-state index in [0.717, 1.165) is 42.0 Å². The van der Waals surface area contributed by atoms with E-state index in [1.54, 1.807) is 17.3 Å². The molecular weight excluding hydrogens is 364 g/mol. The van der Waals surface area contributed by atoms with Crippen LogP contribution in [0.15, 0.2) is 36.7 Å². The summed E-state index contributed by atoms with van der Waals surface area (Å²) >= 11 is 0. The summed E-state index contributed by atoms with van der Waals surface area (Å²) in [6.45, 7) is 11.4. The van der Waals surface area contributed by atoms with Crippen molar-refractivity contribution in [1.82, 2.24) is 9.88 Å². The summed E-state index contributed by atoms with van der Waals surface area (Å²) in [6.07, 6.45) is 4.26. The Morgan fingerprint density at radius 2 is 1.66 bits per heavy atom. The molecule has 3 rings (SSSR count). The van der Waals surface area contributed by atoms with E-state index in [0.29, 0.717) is 30.5 Å². The number of aromatic nitrogens is 1. The van der Waals surface area contributed by atoms with Crippen molar-refractivity contribution >= 4 is 23.7 Å². The number of amides is 2. The third-order valence-electron chi connectivity index (χ3n) is 5.43. The van der Waals surface area contributed by atoms with Crippen LogP contribution in [0.25, 0.3) is 0 Å². The Morgan fingerprint density at radius 1 is 1.03 bits per heavy atom. The minimum atomic E-state index is -0.152. The highest BCUT2D eigenvalue weighted by molar-refractivity contribution is 6.05. The van der Waals surface area contributed by atoms with Gasteiger partial charge < -0.3 is 15.1 Å². The van der Waals surface area contributed by atoms with E-state index in [9.17, 15) is 9.59 Å². The van der Waals surface area contributed by atoms with E-state index < -0.39 is 0 Å². The van der Waals surface area contributed by atoms with E-state index in [2.05, 4.69) is 61.1 Å². The minimum absolute atomic E-state index is 0.152. The molecule has 1 aromatic heterocycles. The largest absolute Gasteiger partial charge is 0.367 e. The molecule has 0 atom stereocenters. The first-order valence-electron chi connectivity index (χ1n) is 10.2. The molecule has 1 aromatic carbocycles. The van der Waals surface area contributed by atoms with E-state index in [1.807, 2.05) is 6.07 Å². The van der Waals surface area contributed by atoms with Gasteiger partial charge in [0.15, 0.2) is 0 Å². The summed E-state index contributed by atoms with van der Waals surface area (Å²) < 4.78 is 0. The lowest BCUT2D eigenvalue weighted by Gasteiger charge is -2.34. The normalized spacial score (nSPS) is 14.4. The lowest BCUT2D eigenvalue weighted by atomic mass is 9.92. The fraction of sp³-hybridized carbons (Fsp3) is 0.435. The van der Waals surface area contributed by atoms with Crippen molar-refractivity contribution in [2.24, 2.45) is 0 Å². The molecule has 1 saturated heterocycles. The molecule has 2 heterocycles. The van der Waals surface area contributed by atoms with Crippen molar-refractivity contribution in [2.45, 2.75) is 39.5 Å². The van der Waals surface area contributed by atoms with Crippen LogP contribution in [0.5, 0.6) is 0 Å². The van der Waals surface area contributed by atoms with Crippen molar-refractivity contribution < 1.29 is 9.59 Å². The molecule has 0 saturated carbocycles. The third kappa shape index (κ3) is 4.75. The molecule has 1 N–H and O–H groups in total. The molecule has 0 radical (unpaired) electrons. The predicted octanol–water partition coefficient (Wildman–Crippen LogP) is 3.86. The fourth-order valence-electron chi connectivity index (χ4n) is 3.69. The minimum Gasteiger partial charge on any atom is -0.367 e. The second kappa shape index (κ2) is 9.07. The highest BCUT2D eigenvalue weighted by Gasteiger charge is 2.19. The Kier molecular flexibility index (Phi) is 6.52. The second-order valence-corrected chi connectivity index (χ2v) is 8.14. The van der Waals surface area contributed by atoms with Crippen molar-refractivity contribution in [1.29, 1.82) is 0 Å². The lowest BCUT2D eigenvalue weighted by Crippen LogP contribution is -2.45. The SMILES string of the molecule is CC(C)c1cccc(C(C)C)c1NC(=O)c1cncc(N2CCN(C=O)CC2)c1. The van der Waals surface area contributed by atoms with Crippen molar-refractivity contribution in [3.8, 4) is 0 Å². The van der Waals surface area contributed by atoms with Gasteiger partial charge in [-0.2, -0.15) is 0 Å². The van der Waals surface area contributed by atoms with Gasteiger partial charge in [-0.15, -0.1) is 0 Å². The zero-order valence-corrected chi connectivity index (χ0v) is 17.7. The fourth-order valence-corrected chi connectivity index (χ4v) is 3.69. The maximum Gasteiger partial charge on any atom is 0.257 e. The molecule has 1 aliphatic heterocycles. The lowest BCUT2D eigenvalue weighted by molar-refractivity contribution is -0.118. The smallest absolute Gasteiger partial charge is 0.257 e. The molecule has 154 valence electrons. The van der Waals surface area contributed by atoms with Crippen LogP contribution in [-0.2, 0) is 4.79 Å². The number of carbonyl (C=O) groups excluding carboxylic acids is 2. The molecule has 0 unspecified atom stereocenters. The standard InChI is InChI=1S/C23H30N4O2/c1-16(2)20-6-5-7-21(17(3)4)22(20)25-23(29)18-12-19(14-24-13-18)27-10-8-26(15-28)9-11-27/h5-7,12-17H,8-11H2,1-4H3,(H,25,29). The van der Waals surface area contributed by atoms with Gasteiger partial charge in [0.05, 0.1) is 17.4 Å². The van der Waals surface area contributed by atoms with Crippen LogP contribution >= 0.6 is 0 Å². The Hall–Kier alpha value is -2.89. The summed E-state index contributed by atoms with van der Waals surface area (Å²) in [5.74, 6) is 0.464. The number of piperazine rings is 1. The number of hydrogen-bond donors (Lipinski definition) is 1. The van der Waals surface area contributed by atoms with Gasteiger partial charge in [0, 0.05) is 38.1 Å². The second-order valence-electron chi connectivity index (χ2n) is 8.14. The van der Waals surface area contributed by atoms with Crippen LogP contribution in [0.4, 0.5) is 11.4 Å². The van der Waals surface area contributed by atoms with E-state index in [1.165, 1.54) is 0 Å². The zero-order chi connectivity index (χ0) is 21.0. The topological polar surface area (TPSA) is 65.5 Å². The first-order valence-corrected chi connectivity index (χ1v) is 10.2. The number of nitrogens with one attached hydrogen (secondary N) is 1. The van der Waals surface area contributed by atoms with Gasteiger partial charge in [0.1, 0.15) is 0 Å². The van der Waals surface area contributed by atoms with Gasteiger partial charge in [0.25, 0.3) is 5.91 Å². The molecule has 1 aliphatic rings. The van der Waals surface area contributed by atoms with Crippen LogP contribution in [0.1, 0.15) is 61.0 Å². The molecule has 6 nitrogen and oxygen atoms in total. The Balaban J connectivity index is 1.83. The average Bonchev–Trinajstić information content (AvgIpc) is 2.73. The predicted molar refractivity (Wildman–Crippen MR) is 117 cm³/mol. The molecule has 29 heavy (non-hydrogen) atoms. The van der Waals surface area contributed by atoms with Crippen LogP contribution in [-0.4, -0.2) is 48.4 Å². The number of hydrogen-bond acceptors (Lipinski definition) is 4. The van der Waals surface area contributed by atoms with Crippen molar-refractivity contribution in [2.75, 3.05) is 36.4 Å². The number of nitrogens with zero attached hydrogens (tertiary/aromatic N) is 3. The van der Waals surface area contributed by atoms with E-state index in [-0.39, 0.29) is 5.91 Å². The van der Waals surface area contributed by atoms with Gasteiger partial charge >= 0.3 is 0 Å². The maximum atomic E-state index is 13.1. The van der Waals surface area contributed by atoms with Crippen LogP contribution < -0.4 is 10.2 Å². The monoisotopic (exact) mass is 394 g/mol. The molecule has 0 bridgehead atoms. The molecule has 2 amide bonds. The molecule has 6 heteroatoms. The van der Waals surface area contributed by atoms with Crippen LogP contribution in [0.2, 0.25) is 0 Å². The number of benzene rings is 1. The van der Waals surface area contributed by atoms with Crippen LogP contribution in [0.3, 0.4) is 0 Å². The molecule has 2 aromatic rings. The number of carbonyl (C=O) groups is 2. The van der Waals surface area contributed by atoms with Gasteiger partial charge in [-0.05, 0) is 29.0 Å².